The number of amides is 1. The first-order valence-electron chi connectivity index (χ1n) is 9.15. The largest absolute Gasteiger partial charge is 0.358 e. The van der Waals surface area contributed by atoms with Crippen LogP contribution in [-0.4, -0.2) is 17.4 Å². The van der Waals surface area contributed by atoms with Crippen molar-refractivity contribution in [3.63, 3.8) is 0 Å². The molecule has 3 nitrogen and oxygen atoms in total. The number of H-pyrrole nitrogens is 1. The standard InChI is InChI=1S/C22H26N2O/c1-13-19(20-18(22(20,3)4)11-12-23-14(2)25)17-10-9-15-7-5-6-8-16(15)21(17)24-13/h5-10,18,20,24H,11-12H2,1-4H3,(H,23,25)/t18-,20+/m1/s1. The third-order valence-electron chi connectivity index (χ3n) is 6.13. The van der Waals surface area contributed by atoms with Gasteiger partial charge in [0, 0.05) is 29.9 Å². The third kappa shape index (κ3) is 2.53. The Morgan fingerprint density at radius 1 is 1.16 bits per heavy atom. The van der Waals surface area contributed by atoms with Crippen molar-refractivity contribution < 1.29 is 4.79 Å². The SMILES string of the molecule is CC(=O)NCC[C@@H]1[C@@H](c2c(C)[nH]c3c2ccc2ccccc23)C1(C)C. The Balaban J connectivity index is 1.73. The quantitative estimate of drug-likeness (QED) is 0.700. The summed E-state index contributed by atoms with van der Waals surface area (Å²) in [6.45, 7) is 9.27. The van der Waals surface area contributed by atoms with Gasteiger partial charge in [0.05, 0.1) is 5.52 Å². The van der Waals surface area contributed by atoms with E-state index in [1.807, 2.05) is 0 Å². The lowest BCUT2D eigenvalue weighted by atomic mass is 9.98. The minimum Gasteiger partial charge on any atom is -0.358 e. The molecule has 0 aliphatic heterocycles. The zero-order valence-corrected chi connectivity index (χ0v) is 15.4. The maximum Gasteiger partial charge on any atom is 0.216 e. The van der Waals surface area contributed by atoms with E-state index >= 15 is 0 Å². The first-order chi connectivity index (χ1) is 11.9. The molecule has 0 unspecified atom stereocenters. The van der Waals surface area contributed by atoms with Crippen LogP contribution in [0.3, 0.4) is 0 Å². The molecule has 1 heterocycles. The van der Waals surface area contributed by atoms with Crippen molar-refractivity contribution >= 4 is 27.6 Å². The van der Waals surface area contributed by atoms with E-state index in [4.69, 9.17) is 0 Å². The topological polar surface area (TPSA) is 44.9 Å². The summed E-state index contributed by atoms with van der Waals surface area (Å²) in [7, 11) is 0. The Hall–Kier alpha value is -2.29. The number of benzene rings is 2. The van der Waals surface area contributed by atoms with Gasteiger partial charge < -0.3 is 10.3 Å². The molecule has 1 aliphatic rings. The van der Waals surface area contributed by atoms with Gasteiger partial charge in [-0.15, -0.1) is 0 Å². The fourth-order valence-corrected chi connectivity index (χ4v) is 4.75. The van der Waals surface area contributed by atoms with Gasteiger partial charge in [-0.1, -0.05) is 50.2 Å². The number of hydrogen-bond donors (Lipinski definition) is 2. The molecule has 4 rings (SSSR count). The van der Waals surface area contributed by atoms with E-state index in [-0.39, 0.29) is 11.3 Å². The Morgan fingerprint density at radius 3 is 2.68 bits per heavy atom. The summed E-state index contributed by atoms with van der Waals surface area (Å²) in [5.74, 6) is 1.23. The summed E-state index contributed by atoms with van der Waals surface area (Å²) >= 11 is 0. The fraction of sp³-hybridized carbons (Fsp3) is 0.409. The number of aromatic amines is 1. The van der Waals surface area contributed by atoms with Crippen LogP contribution in [0.25, 0.3) is 21.7 Å². The van der Waals surface area contributed by atoms with E-state index in [2.05, 4.69) is 67.5 Å². The molecule has 0 radical (unpaired) electrons. The summed E-state index contributed by atoms with van der Waals surface area (Å²) < 4.78 is 0. The fourth-order valence-electron chi connectivity index (χ4n) is 4.75. The third-order valence-corrected chi connectivity index (χ3v) is 6.13. The molecular weight excluding hydrogens is 308 g/mol. The second-order valence-electron chi connectivity index (χ2n) is 8.05. The maximum atomic E-state index is 11.2. The van der Waals surface area contributed by atoms with E-state index in [0.717, 1.165) is 13.0 Å². The van der Waals surface area contributed by atoms with Crippen LogP contribution in [0.5, 0.6) is 0 Å². The summed E-state index contributed by atoms with van der Waals surface area (Å²) in [6.07, 6.45) is 1.04. The lowest BCUT2D eigenvalue weighted by Crippen LogP contribution is -2.21. The molecule has 2 N–H and O–H groups in total. The lowest BCUT2D eigenvalue weighted by molar-refractivity contribution is -0.118. The molecular formula is C22H26N2O. The first-order valence-corrected chi connectivity index (χ1v) is 9.15. The Labute approximate surface area is 148 Å². The normalized spacial score (nSPS) is 21.6. The van der Waals surface area contributed by atoms with Crippen molar-refractivity contribution in [3.05, 3.63) is 47.7 Å². The summed E-state index contributed by atoms with van der Waals surface area (Å²) in [4.78, 5) is 14.8. The molecule has 1 amide bonds. The van der Waals surface area contributed by atoms with Gasteiger partial charge in [0.1, 0.15) is 0 Å². The number of nitrogens with one attached hydrogen (secondary N) is 2. The van der Waals surface area contributed by atoms with Gasteiger partial charge in [-0.2, -0.15) is 0 Å². The molecule has 130 valence electrons. The summed E-state index contributed by atoms with van der Waals surface area (Å²) in [6, 6.07) is 13.1. The van der Waals surface area contributed by atoms with E-state index in [1.165, 1.54) is 32.9 Å². The lowest BCUT2D eigenvalue weighted by Gasteiger charge is -2.04. The van der Waals surface area contributed by atoms with Crippen molar-refractivity contribution in [2.24, 2.45) is 11.3 Å². The van der Waals surface area contributed by atoms with Gasteiger partial charge in [0.2, 0.25) is 5.91 Å². The number of carbonyl (C=O) groups is 1. The molecule has 2 atom stereocenters. The number of aromatic nitrogens is 1. The van der Waals surface area contributed by atoms with Crippen LogP contribution in [-0.2, 0) is 4.79 Å². The maximum absolute atomic E-state index is 11.2. The summed E-state index contributed by atoms with van der Waals surface area (Å²) in [5.41, 5.74) is 4.29. The smallest absolute Gasteiger partial charge is 0.216 e. The number of carbonyl (C=O) groups excluding carboxylic acids is 1. The molecule has 0 saturated heterocycles. The van der Waals surface area contributed by atoms with Gasteiger partial charge in [-0.25, -0.2) is 0 Å². The minimum atomic E-state index is 0.0600. The van der Waals surface area contributed by atoms with Crippen molar-refractivity contribution in [2.75, 3.05) is 6.54 Å². The zero-order valence-electron chi connectivity index (χ0n) is 15.4. The molecule has 1 aromatic heterocycles. The van der Waals surface area contributed by atoms with Gasteiger partial charge in [-0.3, -0.25) is 4.79 Å². The number of hydrogen-bond acceptors (Lipinski definition) is 1. The predicted octanol–water partition coefficient (Wildman–Crippen LogP) is 4.90. The first kappa shape index (κ1) is 16.2. The van der Waals surface area contributed by atoms with Crippen molar-refractivity contribution in [2.45, 2.75) is 40.0 Å². The molecule has 25 heavy (non-hydrogen) atoms. The molecule has 3 heteroatoms. The van der Waals surface area contributed by atoms with E-state index in [1.54, 1.807) is 6.92 Å². The van der Waals surface area contributed by atoms with Crippen LogP contribution in [0.15, 0.2) is 36.4 Å². The van der Waals surface area contributed by atoms with Crippen LogP contribution in [0.2, 0.25) is 0 Å². The molecule has 1 aliphatic carbocycles. The second-order valence-corrected chi connectivity index (χ2v) is 8.05. The van der Waals surface area contributed by atoms with Crippen LogP contribution < -0.4 is 5.32 Å². The number of fused-ring (bicyclic) bond motifs is 3. The monoisotopic (exact) mass is 334 g/mol. The van der Waals surface area contributed by atoms with Crippen LogP contribution in [0.4, 0.5) is 0 Å². The summed E-state index contributed by atoms with van der Waals surface area (Å²) in [5, 5.41) is 6.88. The van der Waals surface area contributed by atoms with Gasteiger partial charge in [0.15, 0.2) is 0 Å². The van der Waals surface area contributed by atoms with Crippen molar-refractivity contribution in [3.8, 4) is 0 Å². The Morgan fingerprint density at radius 2 is 1.92 bits per heavy atom. The van der Waals surface area contributed by atoms with Crippen molar-refractivity contribution in [1.29, 1.82) is 0 Å². The van der Waals surface area contributed by atoms with Gasteiger partial charge in [-0.05, 0) is 41.5 Å². The molecule has 3 aromatic rings. The predicted molar refractivity (Wildman–Crippen MR) is 104 cm³/mol. The Kier molecular flexibility index (Phi) is 3.64. The molecule has 2 aromatic carbocycles. The highest BCUT2D eigenvalue weighted by Crippen LogP contribution is 2.67. The average Bonchev–Trinajstić information content (AvgIpc) is 2.93. The molecule has 1 fully saturated rings. The second kappa shape index (κ2) is 5.62. The Bertz CT molecular complexity index is 967. The highest BCUT2D eigenvalue weighted by atomic mass is 16.1. The number of rotatable bonds is 4. The van der Waals surface area contributed by atoms with Gasteiger partial charge >= 0.3 is 0 Å². The number of aryl methyl sites for hydroxylation is 1. The average molecular weight is 334 g/mol. The van der Waals surface area contributed by atoms with E-state index in [9.17, 15) is 4.79 Å². The molecule has 0 bridgehead atoms. The van der Waals surface area contributed by atoms with Crippen molar-refractivity contribution in [1.82, 2.24) is 10.3 Å². The highest BCUT2D eigenvalue weighted by molar-refractivity contribution is 6.07. The van der Waals surface area contributed by atoms with E-state index < -0.39 is 0 Å². The minimum absolute atomic E-state index is 0.0600. The van der Waals surface area contributed by atoms with Crippen LogP contribution >= 0.6 is 0 Å². The van der Waals surface area contributed by atoms with E-state index in [0.29, 0.717) is 11.8 Å². The zero-order chi connectivity index (χ0) is 17.8. The molecule has 1 saturated carbocycles. The van der Waals surface area contributed by atoms with Gasteiger partial charge in [0.25, 0.3) is 0 Å². The highest BCUT2D eigenvalue weighted by Gasteiger charge is 2.58. The van der Waals surface area contributed by atoms with Crippen LogP contribution in [0, 0.1) is 18.3 Å². The molecule has 0 spiro atoms. The van der Waals surface area contributed by atoms with Crippen LogP contribution in [0.1, 0.15) is 44.4 Å².